The molecule has 4 nitrogen and oxygen atoms in total. The zero-order chi connectivity index (χ0) is 15.5. The van der Waals surface area contributed by atoms with Gasteiger partial charge in [-0.1, -0.05) is 38.5 Å². The van der Waals surface area contributed by atoms with Crippen molar-refractivity contribution < 1.29 is 14.6 Å². The van der Waals surface area contributed by atoms with E-state index >= 15 is 0 Å². The number of hydrogen-bond donors (Lipinski definition) is 2. The van der Waals surface area contributed by atoms with Crippen molar-refractivity contribution in [3.63, 3.8) is 0 Å². The van der Waals surface area contributed by atoms with E-state index in [-0.39, 0.29) is 12.6 Å². The predicted molar refractivity (Wildman–Crippen MR) is 85.8 cm³/mol. The number of benzene rings is 1. The Morgan fingerprint density at radius 3 is 2.62 bits per heavy atom. The summed E-state index contributed by atoms with van der Waals surface area (Å²) in [7, 11) is 1.95. The minimum atomic E-state index is -0.593. The quantitative estimate of drug-likeness (QED) is 0.616. The molecule has 0 radical (unpaired) electrons. The summed E-state index contributed by atoms with van der Waals surface area (Å²) in [4.78, 5) is 0. The van der Waals surface area contributed by atoms with Gasteiger partial charge in [-0.2, -0.15) is 0 Å². The zero-order valence-corrected chi connectivity index (χ0v) is 13.5. The average molecular weight is 295 g/mol. The summed E-state index contributed by atoms with van der Waals surface area (Å²) in [6.45, 7) is 5.52. The molecule has 0 amide bonds. The van der Waals surface area contributed by atoms with E-state index in [2.05, 4.69) is 25.2 Å². The van der Waals surface area contributed by atoms with Gasteiger partial charge in [0.2, 0.25) is 0 Å². The summed E-state index contributed by atoms with van der Waals surface area (Å²) in [5, 5.41) is 13.2. The van der Waals surface area contributed by atoms with E-state index in [1.165, 1.54) is 0 Å². The molecule has 0 saturated carbocycles. The number of rotatable bonds is 11. The highest BCUT2D eigenvalue weighted by atomic mass is 16.5. The molecular formula is C17H29NO3. The van der Waals surface area contributed by atoms with Crippen LogP contribution in [0, 0.1) is 0 Å². The molecule has 4 heteroatoms. The first kappa shape index (κ1) is 18.0. The highest BCUT2D eigenvalue weighted by molar-refractivity contribution is 5.35. The molecule has 2 N–H and O–H groups in total. The summed E-state index contributed by atoms with van der Waals surface area (Å²) in [6, 6.07) is 8.22. The molecule has 0 heterocycles. The van der Waals surface area contributed by atoms with Crippen LogP contribution in [-0.4, -0.2) is 38.1 Å². The molecule has 1 aromatic rings. The Morgan fingerprint density at radius 2 is 1.95 bits per heavy atom. The first-order valence-electron chi connectivity index (χ1n) is 7.87. The van der Waals surface area contributed by atoms with Crippen molar-refractivity contribution in [2.75, 3.05) is 26.9 Å². The third kappa shape index (κ3) is 6.46. The van der Waals surface area contributed by atoms with Gasteiger partial charge in [0.25, 0.3) is 0 Å². The van der Waals surface area contributed by atoms with Gasteiger partial charge in [-0.05, 0) is 26.0 Å². The van der Waals surface area contributed by atoms with Crippen LogP contribution < -0.4 is 10.1 Å². The van der Waals surface area contributed by atoms with Crippen LogP contribution in [0.5, 0.6) is 5.75 Å². The molecule has 2 unspecified atom stereocenters. The minimum Gasteiger partial charge on any atom is -0.490 e. The van der Waals surface area contributed by atoms with Crippen LogP contribution in [0.15, 0.2) is 24.3 Å². The van der Waals surface area contributed by atoms with Gasteiger partial charge in [0, 0.05) is 18.2 Å². The largest absolute Gasteiger partial charge is 0.490 e. The Balaban J connectivity index is 2.47. The molecule has 2 atom stereocenters. The van der Waals surface area contributed by atoms with Gasteiger partial charge < -0.3 is 19.9 Å². The molecule has 0 aliphatic heterocycles. The van der Waals surface area contributed by atoms with Crippen molar-refractivity contribution in [3.05, 3.63) is 29.8 Å². The Morgan fingerprint density at radius 1 is 1.19 bits per heavy atom. The fourth-order valence-electron chi connectivity index (χ4n) is 2.18. The Hall–Kier alpha value is -1.10. The van der Waals surface area contributed by atoms with E-state index < -0.39 is 6.10 Å². The Labute approximate surface area is 128 Å². The van der Waals surface area contributed by atoms with Gasteiger partial charge in [0.05, 0.1) is 6.61 Å². The van der Waals surface area contributed by atoms with Crippen LogP contribution in [-0.2, 0) is 4.74 Å². The number of ether oxygens (including phenoxy) is 2. The second-order valence-corrected chi connectivity index (χ2v) is 5.18. The summed E-state index contributed by atoms with van der Waals surface area (Å²) in [5.41, 5.74) is 1.13. The lowest BCUT2D eigenvalue weighted by Gasteiger charge is -2.20. The van der Waals surface area contributed by atoms with Gasteiger partial charge in [-0.15, -0.1) is 0 Å². The van der Waals surface area contributed by atoms with Crippen molar-refractivity contribution >= 4 is 0 Å². The molecule has 21 heavy (non-hydrogen) atoms. The molecule has 0 aliphatic rings. The van der Waals surface area contributed by atoms with Crippen molar-refractivity contribution in [1.29, 1.82) is 0 Å². The van der Waals surface area contributed by atoms with Crippen LogP contribution >= 0.6 is 0 Å². The minimum absolute atomic E-state index is 0.253. The first-order valence-corrected chi connectivity index (χ1v) is 7.87. The Bertz CT molecular complexity index is 380. The van der Waals surface area contributed by atoms with Gasteiger partial charge in [0.1, 0.15) is 18.5 Å². The van der Waals surface area contributed by atoms with E-state index in [0.717, 1.165) is 30.6 Å². The number of hydrogen-bond acceptors (Lipinski definition) is 4. The van der Waals surface area contributed by atoms with Gasteiger partial charge in [-0.25, -0.2) is 0 Å². The van der Waals surface area contributed by atoms with E-state index in [0.29, 0.717) is 13.2 Å². The summed E-state index contributed by atoms with van der Waals surface area (Å²) in [6.07, 6.45) is 2.52. The van der Waals surface area contributed by atoms with Crippen molar-refractivity contribution in [3.8, 4) is 5.75 Å². The molecule has 1 aromatic carbocycles. The smallest absolute Gasteiger partial charge is 0.124 e. The lowest BCUT2D eigenvalue weighted by molar-refractivity contribution is 0.0110. The third-order valence-corrected chi connectivity index (χ3v) is 3.43. The van der Waals surface area contributed by atoms with Crippen LogP contribution in [0.25, 0.3) is 0 Å². The molecule has 0 aliphatic carbocycles. The highest BCUT2D eigenvalue weighted by Crippen LogP contribution is 2.26. The average Bonchev–Trinajstić information content (AvgIpc) is 2.52. The summed E-state index contributed by atoms with van der Waals surface area (Å²) >= 11 is 0. The van der Waals surface area contributed by atoms with Crippen LogP contribution in [0.1, 0.15) is 44.7 Å². The monoisotopic (exact) mass is 295 g/mol. The Kier molecular flexibility index (Phi) is 9.06. The number of unbranched alkanes of at least 4 members (excludes halogenated alkanes) is 1. The molecule has 120 valence electrons. The first-order chi connectivity index (χ1) is 10.2. The van der Waals surface area contributed by atoms with Crippen molar-refractivity contribution in [2.24, 2.45) is 0 Å². The van der Waals surface area contributed by atoms with Crippen molar-refractivity contribution in [2.45, 2.75) is 45.3 Å². The maximum Gasteiger partial charge on any atom is 0.124 e. The molecule has 0 aromatic heterocycles. The van der Waals surface area contributed by atoms with E-state index in [1.54, 1.807) is 0 Å². The maximum atomic E-state index is 9.89. The molecule has 0 fully saturated rings. The highest BCUT2D eigenvalue weighted by Gasteiger charge is 2.13. The van der Waals surface area contributed by atoms with Crippen LogP contribution in [0.2, 0.25) is 0 Å². The summed E-state index contributed by atoms with van der Waals surface area (Å²) < 4.78 is 11.2. The molecule has 0 saturated heterocycles. The van der Waals surface area contributed by atoms with Gasteiger partial charge >= 0.3 is 0 Å². The topological polar surface area (TPSA) is 50.7 Å². The van der Waals surface area contributed by atoms with E-state index in [4.69, 9.17) is 9.47 Å². The molecule has 1 rings (SSSR count). The van der Waals surface area contributed by atoms with E-state index in [9.17, 15) is 5.11 Å². The predicted octanol–water partition coefficient (Wildman–Crippen LogP) is 2.91. The normalized spacial score (nSPS) is 13.9. The van der Waals surface area contributed by atoms with E-state index in [1.807, 2.05) is 25.2 Å². The SMILES string of the molecule is CCCCOCC(O)COc1ccccc1C(CC)NC. The zero-order valence-electron chi connectivity index (χ0n) is 13.5. The number of aliphatic hydroxyl groups is 1. The fourth-order valence-corrected chi connectivity index (χ4v) is 2.18. The van der Waals surface area contributed by atoms with Crippen molar-refractivity contribution in [1.82, 2.24) is 5.32 Å². The molecular weight excluding hydrogens is 266 g/mol. The lowest BCUT2D eigenvalue weighted by Crippen LogP contribution is -2.24. The third-order valence-electron chi connectivity index (χ3n) is 3.43. The second-order valence-electron chi connectivity index (χ2n) is 5.18. The number of nitrogens with one attached hydrogen (secondary N) is 1. The fraction of sp³-hybridized carbons (Fsp3) is 0.647. The maximum absolute atomic E-state index is 9.89. The lowest BCUT2D eigenvalue weighted by atomic mass is 10.0. The molecule has 0 spiro atoms. The summed E-state index contributed by atoms with van der Waals surface area (Å²) in [5.74, 6) is 0.825. The molecule has 0 bridgehead atoms. The standard InChI is InChI=1S/C17H29NO3/c1-4-6-11-20-12-14(19)13-21-17-10-8-7-9-15(17)16(5-2)18-3/h7-10,14,16,18-19H,4-6,11-13H2,1-3H3. The second kappa shape index (κ2) is 10.6. The van der Waals surface area contributed by atoms with Gasteiger partial charge in [-0.3, -0.25) is 0 Å². The number of aliphatic hydroxyl groups excluding tert-OH is 1. The van der Waals surface area contributed by atoms with Crippen LogP contribution in [0.4, 0.5) is 0 Å². The number of para-hydroxylation sites is 1. The van der Waals surface area contributed by atoms with Gasteiger partial charge in [0.15, 0.2) is 0 Å². The van der Waals surface area contributed by atoms with Crippen LogP contribution in [0.3, 0.4) is 0 Å².